The molecule has 0 amide bonds. The Kier molecular flexibility index (Phi) is 4.65. The summed E-state index contributed by atoms with van der Waals surface area (Å²) in [4.78, 5) is 18.1. The average molecular weight is 392 g/mol. The average Bonchev–Trinajstić information content (AvgIpc) is 3.24. The Balaban J connectivity index is 1.45. The highest BCUT2D eigenvalue weighted by atomic mass is 15.2. The van der Waals surface area contributed by atoms with E-state index in [2.05, 4.69) is 45.4 Å². The van der Waals surface area contributed by atoms with E-state index in [0.717, 1.165) is 28.1 Å². The molecule has 2 aromatic carbocycles. The van der Waals surface area contributed by atoms with Gasteiger partial charge in [-0.1, -0.05) is 42.5 Å². The minimum absolute atomic E-state index is 0.0990. The van der Waals surface area contributed by atoms with Gasteiger partial charge in [0.05, 0.1) is 22.8 Å². The molecule has 1 atom stereocenters. The molecule has 0 saturated carbocycles. The Hall–Kier alpha value is -4.06. The fourth-order valence-electron chi connectivity index (χ4n) is 3.46. The van der Waals surface area contributed by atoms with Crippen molar-refractivity contribution in [3.63, 3.8) is 0 Å². The third kappa shape index (κ3) is 3.51. The first-order valence-corrected chi connectivity index (χ1v) is 9.81. The highest BCUT2D eigenvalue weighted by Crippen LogP contribution is 2.24. The fourth-order valence-corrected chi connectivity index (χ4v) is 3.46. The summed E-state index contributed by atoms with van der Waals surface area (Å²) in [5.41, 5.74) is 5.02. The number of imidazole rings is 1. The van der Waals surface area contributed by atoms with Gasteiger partial charge in [-0.05, 0) is 42.8 Å². The minimum atomic E-state index is 0.0990. The number of hydrogen-bond donors (Lipinski definition) is 1. The predicted molar refractivity (Wildman–Crippen MR) is 118 cm³/mol. The number of hydrogen-bond acceptors (Lipinski definition) is 5. The topological polar surface area (TPSA) is 68.5 Å². The van der Waals surface area contributed by atoms with Crippen molar-refractivity contribution in [1.29, 1.82) is 0 Å². The van der Waals surface area contributed by atoms with Gasteiger partial charge in [0.15, 0.2) is 0 Å². The maximum atomic E-state index is 4.70. The Morgan fingerprint density at radius 2 is 1.70 bits per heavy atom. The van der Waals surface area contributed by atoms with Crippen LogP contribution >= 0.6 is 0 Å². The maximum Gasteiger partial charge on any atom is 0.225 e. The SMILES string of the molecule is CC(Nc1nccc(-n2cnc3cc(-c4ccccn4)ccc32)n1)c1ccccc1. The maximum absolute atomic E-state index is 4.70. The van der Waals surface area contributed by atoms with Crippen LogP contribution in [0.1, 0.15) is 18.5 Å². The number of nitrogens with one attached hydrogen (secondary N) is 1. The largest absolute Gasteiger partial charge is 0.348 e. The molecule has 0 saturated heterocycles. The number of aromatic nitrogens is 5. The lowest BCUT2D eigenvalue weighted by Gasteiger charge is -2.14. The van der Waals surface area contributed by atoms with Crippen LogP contribution in [0, 0.1) is 0 Å². The molecule has 1 N–H and O–H groups in total. The van der Waals surface area contributed by atoms with Crippen molar-refractivity contribution in [3.05, 3.63) is 97.1 Å². The summed E-state index contributed by atoms with van der Waals surface area (Å²) in [7, 11) is 0. The summed E-state index contributed by atoms with van der Waals surface area (Å²) in [5, 5.41) is 3.37. The molecule has 0 aliphatic carbocycles. The van der Waals surface area contributed by atoms with Gasteiger partial charge in [-0.25, -0.2) is 9.97 Å². The third-order valence-corrected chi connectivity index (χ3v) is 5.04. The molecule has 3 heterocycles. The molecular weight excluding hydrogens is 372 g/mol. The molecule has 30 heavy (non-hydrogen) atoms. The van der Waals surface area contributed by atoms with Crippen molar-refractivity contribution in [2.24, 2.45) is 0 Å². The summed E-state index contributed by atoms with van der Waals surface area (Å²) in [6.07, 6.45) is 5.35. The Morgan fingerprint density at radius 1 is 0.833 bits per heavy atom. The van der Waals surface area contributed by atoms with Crippen LogP contribution in [-0.2, 0) is 0 Å². The Labute approximate surface area is 174 Å². The molecule has 5 rings (SSSR count). The van der Waals surface area contributed by atoms with Crippen molar-refractivity contribution in [2.75, 3.05) is 5.32 Å². The third-order valence-electron chi connectivity index (χ3n) is 5.04. The number of anilines is 1. The lowest BCUT2D eigenvalue weighted by molar-refractivity contribution is 0.854. The van der Waals surface area contributed by atoms with Gasteiger partial charge in [-0.15, -0.1) is 0 Å². The summed E-state index contributed by atoms with van der Waals surface area (Å²) >= 11 is 0. The van der Waals surface area contributed by atoms with Crippen molar-refractivity contribution in [2.45, 2.75) is 13.0 Å². The molecule has 6 nitrogen and oxygen atoms in total. The van der Waals surface area contributed by atoms with Crippen molar-refractivity contribution in [1.82, 2.24) is 24.5 Å². The summed E-state index contributed by atoms with van der Waals surface area (Å²) in [6.45, 7) is 2.09. The molecule has 5 aromatic rings. The van der Waals surface area contributed by atoms with Crippen LogP contribution in [0.15, 0.2) is 91.5 Å². The summed E-state index contributed by atoms with van der Waals surface area (Å²) in [6, 6.07) is 24.3. The Morgan fingerprint density at radius 3 is 2.53 bits per heavy atom. The van der Waals surface area contributed by atoms with E-state index in [1.807, 2.05) is 59.2 Å². The van der Waals surface area contributed by atoms with Crippen LogP contribution in [0.5, 0.6) is 0 Å². The molecule has 0 fully saturated rings. The standard InChI is InChI=1S/C24H20N6/c1-17(18-7-3-2-4-8-18)28-24-26-14-12-23(29-24)30-16-27-21-15-19(10-11-22(21)30)20-9-5-6-13-25-20/h2-17H,1H3,(H,26,28,29). The van der Waals surface area contributed by atoms with E-state index in [-0.39, 0.29) is 6.04 Å². The van der Waals surface area contributed by atoms with E-state index in [9.17, 15) is 0 Å². The van der Waals surface area contributed by atoms with Gasteiger partial charge in [0.2, 0.25) is 5.95 Å². The number of rotatable bonds is 5. The molecule has 146 valence electrons. The second kappa shape index (κ2) is 7.75. The van der Waals surface area contributed by atoms with Crippen LogP contribution < -0.4 is 5.32 Å². The number of pyridine rings is 1. The zero-order valence-electron chi connectivity index (χ0n) is 16.5. The van der Waals surface area contributed by atoms with E-state index >= 15 is 0 Å². The first-order chi connectivity index (χ1) is 14.8. The zero-order valence-corrected chi connectivity index (χ0v) is 16.5. The molecule has 1 unspecified atom stereocenters. The molecule has 0 spiro atoms. The zero-order chi connectivity index (χ0) is 20.3. The molecule has 0 radical (unpaired) electrons. The monoisotopic (exact) mass is 392 g/mol. The van der Waals surface area contributed by atoms with Gasteiger partial charge in [0.25, 0.3) is 0 Å². The first-order valence-electron chi connectivity index (χ1n) is 9.81. The van der Waals surface area contributed by atoms with Crippen LogP contribution in [0.2, 0.25) is 0 Å². The number of nitrogens with zero attached hydrogens (tertiary/aromatic N) is 5. The van der Waals surface area contributed by atoms with E-state index in [4.69, 9.17) is 4.98 Å². The predicted octanol–water partition coefficient (Wildman–Crippen LogP) is 5.05. The van der Waals surface area contributed by atoms with Crippen LogP contribution in [0.25, 0.3) is 28.1 Å². The van der Waals surface area contributed by atoms with Gasteiger partial charge in [0.1, 0.15) is 12.1 Å². The fraction of sp³-hybridized carbons (Fsp3) is 0.0833. The molecule has 0 bridgehead atoms. The van der Waals surface area contributed by atoms with Crippen molar-refractivity contribution < 1.29 is 0 Å². The van der Waals surface area contributed by atoms with Gasteiger partial charge < -0.3 is 5.32 Å². The smallest absolute Gasteiger partial charge is 0.225 e. The van der Waals surface area contributed by atoms with Crippen molar-refractivity contribution >= 4 is 17.0 Å². The lowest BCUT2D eigenvalue weighted by Crippen LogP contribution is -2.10. The van der Waals surface area contributed by atoms with Gasteiger partial charge in [-0.3, -0.25) is 9.55 Å². The molecular formula is C24H20N6. The van der Waals surface area contributed by atoms with E-state index in [1.165, 1.54) is 5.56 Å². The lowest BCUT2D eigenvalue weighted by atomic mass is 10.1. The van der Waals surface area contributed by atoms with Gasteiger partial charge in [0, 0.05) is 18.0 Å². The van der Waals surface area contributed by atoms with Gasteiger partial charge in [-0.2, -0.15) is 4.98 Å². The van der Waals surface area contributed by atoms with Crippen LogP contribution in [-0.4, -0.2) is 24.5 Å². The minimum Gasteiger partial charge on any atom is -0.348 e. The quantitative estimate of drug-likeness (QED) is 0.453. The highest BCUT2D eigenvalue weighted by molar-refractivity contribution is 5.82. The van der Waals surface area contributed by atoms with E-state index in [1.54, 1.807) is 18.7 Å². The Bertz CT molecular complexity index is 1280. The second-order valence-corrected chi connectivity index (χ2v) is 7.05. The molecule has 0 aliphatic rings. The second-order valence-electron chi connectivity index (χ2n) is 7.05. The highest BCUT2D eigenvalue weighted by Gasteiger charge is 2.11. The number of fused-ring (bicyclic) bond motifs is 1. The van der Waals surface area contributed by atoms with E-state index in [0.29, 0.717) is 5.95 Å². The molecule has 6 heteroatoms. The van der Waals surface area contributed by atoms with E-state index < -0.39 is 0 Å². The van der Waals surface area contributed by atoms with Crippen LogP contribution in [0.3, 0.4) is 0 Å². The summed E-state index contributed by atoms with van der Waals surface area (Å²) < 4.78 is 1.97. The number of benzene rings is 2. The van der Waals surface area contributed by atoms with Crippen molar-refractivity contribution in [3.8, 4) is 17.1 Å². The van der Waals surface area contributed by atoms with Gasteiger partial charge >= 0.3 is 0 Å². The molecule has 3 aromatic heterocycles. The van der Waals surface area contributed by atoms with Crippen LogP contribution in [0.4, 0.5) is 5.95 Å². The first kappa shape index (κ1) is 18.0. The molecule has 0 aliphatic heterocycles. The normalized spacial score (nSPS) is 12.0. The summed E-state index contributed by atoms with van der Waals surface area (Å²) in [5.74, 6) is 1.34.